The smallest absolute Gasteiger partial charge is 0.306 e. The van der Waals surface area contributed by atoms with E-state index in [1.807, 2.05) is 91.0 Å². The van der Waals surface area contributed by atoms with Gasteiger partial charge in [0.15, 0.2) is 0 Å². The van der Waals surface area contributed by atoms with Crippen molar-refractivity contribution in [2.45, 2.75) is 31.7 Å². The molecule has 34 heavy (non-hydrogen) atoms. The molecule has 2 amide bonds. The number of primary amides is 1. The fourth-order valence-corrected chi connectivity index (χ4v) is 4.30. The molecule has 0 bridgehead atoms. The highest BCUT2D eigenvalue weighted by Gasteiger charge is 2.45. The Balaban J connectivity index is 2.13. The van der Waals surface area contributed by atoms with Gasteiger partial charge in [-0.15, -0.1) is 0 Å². The molecule has 3 rings (SSSR count). The molecule has 176 valence electrons. The van der Waals surface area contributed by atoms with E-state index in [1.54, 1.807) is 13.8 Å². The van der Waals surface area contributed by atoms with Crippen molar-refractivity contribution in [1.82, 2.24) is 5.32 Å². The minimum absolute atomic E-state index is 0.0449. The zero-order valence-electron chi connectivity index (χ0n) is 19.4. The van der Waals surface area contributed by atoms with Crippen molar-refractivity contribution >= 4 is 17.8 Å². The summed E-state index contributed by atoms with van der Waals surface area (Å²) in [7, 11) is 0. The maximum atomic E-state index is 14.3. The van der Waals surface area contributed by atoms with Crippen molar-refractivity contribution < 1.29 is 19.1 Å². The molecular formula is C28H30N2O4. The van der Waals surface area contributed by atoms with Crippen LogP contribution in [0, 0.1) is 5.92 Å². The first-order chi connectivity index (χ1) is 16.4. The second-order valence-corrected chi connectivity index (χ2v) is 8.19. The van der Waals surface area contributed by atoms with Crippen molar-refractivity contribution in [2.75, 3.05) is 6.61 Å². The van der Waals surface area contributed by atoms with Gasteiger partial charge < -0.3 is 15.8 Å². The van der Waals surface area contributed by atoms with Crippen LogP contribution in [0.15, 0.2) is 91.0 Å². The summed E-state index contributed by atoms with van der Waals surface area (Å²) in [6.45, 7) is 3.64. The molecule has 0 saturated carbocycles. The fourth-order valence-electron chi connectivity index (χ4n) is 4.30. The third-order valence-corrected chi connectivity index (χ3v) is 5.92. The normalized spacial score (nSPS) is 12.9. The number of hydrogen-bond donors (Lipinski definition) is 2. The van der Waals surface area contributed by atoms with Gasteiger partial charge in [-0.1, -0.05) is 97.9 Å². The number of benzene rings is 3. The Bertz CT molecular complexity index is 1000. The van der Waals surface area contributed by atoms with Crippen molar-refractivity contribution in [3.63, 3.8) is 0 Å². The first kappa shape index (κ1) is 24.7. The van der Waals surface area contributed by atoms with Gasteiger partial charge in [-0.25, -0.2) is 0 Å². The van der Waals surface area contributed by atoms with Crippen LogP contribution in [0.3, 0.4) is 0 Å². The summed E-state index contributed by atoms with van der Waals surface area (Å²) in [5, 5.41) is 2.88. The minimum Gasteiger partial charge on any atom is -0.466 e. The van der Waals surface area contributed by atoms with E-state index < -0.39 is 35.2 Å². The lowest BCUT2D eigenvalue weighted by Crippen LogP contribution is -2.55. The van der Waals surface area contributed by atoms with E-state index in [0.717, 1.165) is 16.7 Å². The van der Waals surface area contributed by atoms with Crippen molar-refractivity contribution in [3.8, 4) is 0 Å². The summed E-state index contributed by atoms with van der Waals surface area (Å²) < 4.78 is 5.02. The van der Waals surface area contributed by atoms with Gasteiger partial charge in [-0.05, 0) is 29.5 Å². The molecule has 0 heterocycles. The highest BCUT2D eigenvalue weighted by atomic mass is 16.5. The van der Waals surface area contributed by atoms with Crippen LogP contribution in [-0.2, 0) is 24.5 Å². The average Bonchev–Trinajstić information content (AvgIpc) is 2.85. The maximum Gasteiger partial charge on any atom is 0.306 e. The third kappa shape index (κ3) is 5.17. The zero-order valence-corrected chi connectivity index (χ0v) is 19.4. The van der Waals surface area contributed by atoms with E-state index in [-0.39, 0.29) is 13.0 Å². The van der Waals surface area contributed by atoms with E-state index >= 15 is 0 Å². The molecule has 0 fully saturated rings. The number of nitrogens with two attached hydrogens (primary N) is 1. The van der Waals surface area contributed by atoms with Crippen molar-refractivity contribution in [2.24, 2.45) is 11.7 Å². The standard InChI is InChI=1S/C28H30N2O4/c1-3-34-24(31)19-20(2)25(26(29)32)30-27(33)28(21-13-7-4-8-14-21,22-15-9-5-10-16-22)23-17-11-6-12-18-23/h4-18,20,25H,3,19H2,1-2H3,(H2,29,32)(H,30,33)/t20-,25+/m1/s1. The number of hydrogen-bond acceptors (Lipinski definition) is 4. The fraction of sp³-hybridized carbons (Fsp3) is 0.250. The van der Waals surface area contributed by atoms with E-state index in [4.69, 9.17) is 10.5 Å². The predicted octanol–water partition coefficient (Wildman–Crippen LogP) is 3.58. The molecule has 0 aliphatic carbocycles. The number of esters is 1. The Morgan fingerprint density at radius 2 is 1.24 bits per heavy atom. The van der Waals surface area contributed by atoms with Crippen LogP contribution in [0.2, 0.25) is 0 Å². The van der Waals surface area contributed by atoms with Gasteiger partial charge in [0.25, 0.3) is 0 Å². The van der Waals surface area contributed by atoms with Gasteiger partial charge in [-0.3, -0.25) is 14.4 Å². The van der Waals surface area contributed by atoms with Gasteiger partial charge in [0.05, 0.1) is 13.0 Å². The van der Waals surface area contributed by atoms with Crippen LogP contribution in [0.1, 0.15) is 37.0 Å². The van der Waals surface area contributed by atoms with Gasteiger partial charge in [0.1, 0.15) is 11.5 Å². The van der Waals surface area contributed by atoms with E-state index in [9.17, 15) is 14.4 Å². The lowest BCUT2D eigenvalue weighted by Gasteiger charge is -2.36. The molecule has 2 atom stereocenters. The van der Waals surface area contributed by atoms with Crippen molar-refractivity contribution in [1.29, 1.82) is 0 Å². The largest absolute Gasteiger partial charge is 0.466 e. The number of nitrogens with one attached hydrogen (secondary N) is 1. The van der Waals surface area contributed by atoms with Crippen LogP contribution in [0.5, 0.6) is 0 Å². The third-order valence-electron chi connectivity index (χ3n) is 5.92. The van der Waals surface area contributed by atoms with Gasteiger partial charge in [-0.2, -0.15) is 0 Å². The van der Waals surface area contributed by atoms with E-state index in [1.165, 1.54) is 0 Å². The lowest BCUT2D eigenvalue weighted by atomic mass is 9.68. The van der Waals surface area contributed by atoms with E-state index in [2.05, 4.69) is 5.32 Å². The number of rotatable bonds is 10. The molecule has 6 heteroatoms. The van der Waals surface area contributed by atoms with Gasteiger partial charge in [0, 0.05) is 0 Å². The number of amides is 2. The molecule has 3 aromatic carbocycles. The molecule has 0 aliphatic heterocycles. The summed E-state index contributed by atoms with van der Waals surface area (Å²) in [6.07, 6.45) is -0.0449. The molecule has 0 spiro atoms. The van der Waals surface area contributed by atoms with Crippen LogP contribution in [-0.4, -0.2) is 30.4 Å². The summed E-state index contributed by atoms with van der Waals surface area (Å²) in [6, 6.07) is 27.2. The molecule has 0 saturated heterocycles. The Labute approximate surface area is 200 Å². The first-order valence-corrected chi connectivity index (χ1v) is 11.3. The molecule has 3 N–H and O–H groups in total. The zero-order chi connectivity index (χ0) is 24.6. The Morgan fingerprint density at radius 1 is 0.824 bits per heavy atom. The molecule has 0 aromatic heterocycles. The molecule has 3 aromatic rings. The summed E-state index contributed by atoms with van der Waals surface area (Å²) in [5.41, 5.74) is 6.67. The summed E-state index contributed by atoms with van der Waals surface area (Å²) >= 11 is 0. The SMILES string of the molecule is CCOC(=O)C[C@@H](C)[C@H](NC(=O)C(c1ccccc1)(c1ccccc1)c1ccccc1)C(N)=O. The monoisotopic (exact) mass is 458 g/mol. The topological polar surface area (TPSA) is 98.5 Å². The van der Waals surface area contributed by atoms with Crippen molar-refractivity contribution in [3.05, 3.63) is 108 Å². The first-order valence-electron chi connectivity index (χ1n) is 11.3. The van der Waals surface area contributed by atoms with E-state index in [0.29, 0.717) is 0 Å². The molecule has 0 unspecified atom stereocenters. The molecule has 0 aliphatic rings. The summed E-state index contributed by atoms with van der Waals surface area (Å²) in [5.74, 6) is -2.12. The average molecular weight is 459 g/mol. The lowest BCUT2D eigenvalue weighted by molar-refractivity contribution is -0.145. The van der Waals surface area contributed by atoms with Crippen LogP contribution in [0.4, 0.5) is 0 Å². The van der Waals surface area contributed by atoms with Gasteiger partial charge in [0.2, 0.25) is 11.8 Å². The Kier molecular flexibility index (Phi) is 8.19. The van der Waals surface area contributed by atoms with Crippen LogP contribution in [0.25, 0.3) is 0 Å². The minimum atomic E-state index is -1.25. The number of ether oxygens (including phenoxy) is 1. The quantitative estimate of drug-likeness (QED) is 0.358. The maximum absolute atomic E-state index is 14.3. The second-order valence-electron chi connectivity index (χ2n) is 8.19. The second kappa shape index (κ2) is 11.3. The summed E-state index contributed by atoms with van der Waals surface area (Å²) in [4.78, 5) is 38.7. The molecule has 0 radical (unpaired) electrons. The van der Waals surface area contributed by atoms with Crippen LogP contribution < -0.4 is 11.1 Å². The Hall–Kier alpha value is -3.93. The highest BCUT2D eigenvalue weighted by Crippen LogP contribution is 2.39. The van der Waals surface area contributed by atoms with Gasteiger partial charge >= 0.3 is 5.97 Å². The number of carbonyl (C=O) groups excluding carboxylic acids is 3. The van der Waals surface area contributed by atoms with Crippen LogP contribution >= 0.6 is 0 Å². The molecule has 6 nitrogen and oxygen atoms in total. The molecular weight excluding hydrogens is 428 g/mol. The predicted molar refractivity (Wildman–Crippen MR) is 131 cm³/mol. The highest BCUT2D eigenvalue weighted by molar-refractivity contribution is 5.98. The Morgan fingerprint density at radius 3 is 1.59 bits per heavy atom. The number of carbonyl (C=O) groups is 3.